The predicted octanol–water partition coefficient (Wildman–Crippen LogP) is 4.18. The topological polar surface area (TPSA) is 142 Å². The first-order valence-electron chi connectivity index (χ1n) is 12.3. The third-order valence-electron chi connectivity index (χ3n) is 6.46. The largest absolute Gasteiger partial charge is 0.478 e. The van der Waals surface area contributed by atoms with E-state index in [-0.39, 0.29) is 23.7 Å². The smallest absolute Gasteiger partial charge is 0.335 e. The summed E-state index contributed by atoms with van der Waals surface area (Å²) in [6.45, 7) is 0. The van der Waals surface area contributed by atoms with Crippen LogP contribution in [0.2, 0.25) is 5.02 Å². The molecule has 3 aromatic rings. The first-order chi connectivity index (χ1) is 18.7. The molecule has 0 aromatic heterocycles. The van der Waals surface area contributed by atoms with E-state index in [1.165, 1.54) is 30.3 Å². The van der Waals surface area contributed by atoms with Gasteiger partial charge in [-0.1, -0.05) is 48.0 Å². The molecule has 0 spiro atoms. The van der Waals surface area contributed by atoms with Crippen molar-refractivity contribution in [3.05, 3.63) is 94.5 Å². The van der Waals surface area contributed by atoms with E-state index >= 15 is 0 Å². The lowest BCUT2D eigenvalue weighted by atomic mass is 9.96. The van der Waals surface area contributed by atoms with Gasteiger partial charge in [-0.2, -0.15) is 0 Å². The number of Topliss-reactive ketones (excluding diaryl/α,β-unsaturated/α-hetero) is 1. The summed E-state index contributed by atoms with van der Waals surface area (Å²) in [4.78, 5) is 61.9. The fourth-order valence-electron chi connectivity index (χ4n) is 4.46. The number of ketones is 1. The molecule has 4 rings (SSSR count). The Morgan fingerprint density at radius 1 is 0.923 bits per heavy atom. The third-order valence-corrected chi connectivity index (χ3v) is 6.69. The summed E-state index contributed by atoms with van der Waals surface area (Å²) in [7, 11) is 0. The van der Waals surface area contributed by atoms with Crippen LogP contribution in [0.15, 0.2) is 72.8 Å². The van der Waals surface area contributed by atoms with E-state index in [9.17, 15) is 24.0 Å². The van der Waals surface area contributed by atoms with Crippen molar-refractivity contribution in [2.75, 3.05) is 10.6 Å². The molecule has 39 heavy (non-hydrogen) atoms. The van der Waals surface area contributed by atoms with Crippen LogP contribution in [0.25, 0.3) is 0 Å². The first-order valence-corrected chi connectivity index (χ1v) is 12.7. The number of carbonyl (C=O) groups excluding carboxylic acids is 4. The van der Waals surface area contributed by atoms with Gasteiger partial charge in [0.2, 0.25) is 5.91 Å². The molecule has 2 atom stereocenters. The molecule has 1 aliphatic rings. The Morgan fingerprint density at radius 2 is 1.64 bits per heavy atom. The summed E-state index contributed by atoms with van der Waals surface area (Å²) in [5, 5.41) is 17.2. The molecule has 200 valence electrons. The molecule has 9 nitrogen and oxygen atoms in total. The van der Waals surface area contributed by atoms with Gasteiger partial charge in [0.1, 0.15) is 11.8 Å². The molecule has 0 aliphatic heterocycles. The Kier molecular flexibility index (Phi) is 8.73. The third kappa shape index (κ3) is 7.30. The predicted molar refractivity (Wildman–Crippen MR) is 146 cm³/mol. The highest BCUT2D eigenvalue weighted by molar-refractivity contribution is 6.40. The van der Waals surface area contributed by atoms with E-state index in [4.69, 9.17) is 16.7 Å². The number of rotatable bonds is 8. The van der Waals surface area contributed by atoms with Crippen LogP contribution in [0, 0.1) is 0 Å². The molecular formula is C29H26ClN3O6. The number of amides is 3. The van der Waals surface area contributed by atoms with Gasteiger partial charge in [0.25, 0.3) is 0 Å². The summed E-state index contributed by atoms with van der Waals surface area (Å²) >= 11 is 6.13. The van der Waals surface area contributed by atoms with Gasteiger partial charge in [-0.05, 0) is 59.9 Å². The summed E-state index contributed by atoms with van der Waals surface area (Å²) in [6, 6.07) is 18.3. The molecule has 4 N–H and O–H groups in total. The summed E-state index contributed by atoms with van der Waals surface area (Å²) < 4.78 is 0. The minimum atomic E-state index is -1.11. The van der Waals surface area contributed by atoms with E-state index in [1.807, 2.05) is 6.07 Å². The first kappa shape index (κ1) is 27.5. The molecule has 1 fully saturated rings. The maximum Gasteiger partial charge on any atom is 0.335 e. The summed E-state index contributed by atoms with van der Waals surface area (Å²) in [5.41, 5.74) is 2.19. The molecule has 3 aromatic carbocycles. The van der Waals surface area contributed by atoms with Crippen molar-refractivity contribution in [3.8, 4) is 0 Å². The van der Waals surface area contributed by atoms with Gasteiger partial charge in [0, 0.05) is 35.7 Å². The van der Waals surface area contributed by atoms with Crippen LogP contribution in [-0.2, 0) is 25.6 Å². The Balaban J connectivity index is 1.49. The number of carboxylic acids is 1. The van der Waals surface area contributed by atoms with Crippen LogP contribution < -0.4 is 16.0 Å². The molecule has 0 bridgehead atoms. The van der Waals surface area contributed by atoms with Gasteiger partial charge < -0.3 is 21.1 Å². The number of halogens is 1. The fraction of sp³-hybridized carbons (Fsp3) is 0.207. The molecule has 1 saturated carbocycles. The van der Waals surface area contributed by atoms with E-state index in [2.05, 4.69) is 16.0 Å². The number of anilines is 2. The highest BCUT2D eigenvalue weighted by atomic mass is 35.5. The minimum Gasteiger partial charge on any atom is -0.478 e. The second-order valence-electron chi connectivity index (χ2n) is 9.25. The molecule has 0 saturated heterocycles. The van der Waals surface area contributed by atoms with Crippen LogP contribution in [0.1, 0.15) is 46.7 Å². The van der Waals surface area contributed by atoms with Crippen molar-refractivity contribution in [2.45, 2.75) is 37.6 Å². The van der Waals surface area contributed by atoms with E-state index in [1.54, 1.807) is 36.4 Å². The maximum atomic E-state index is 13.1. The van der Waals surface area contributed by atoms with Crippen molar-refractivity contribution in [3.63, 3.8) is 0 Å². The van der Waals surface area contributed by atoms with Crippen LogP contribution in [0.5, 0.6) is 0 Å². The van der Waals surface area contributed by atoms with Crippen LogP contribution in [-0.4, -0.2) is 40.6 Å². The molecule has 3 amide bonds. The van der Waals surface area contributed by atoms with Gasteiger partial charge in [-0.25, -0.2) is 4.79 Å². The molecule has 1 unspecified atom stereocenters. The SMILES string of the molecule is O=C1CCC(c2ccc(Cl)cc2NC(=O)C(=O)N[C@@H](Cc2ccccc2)C(=O)Nc2ccc(C(=O)O)cc2)C1. The number of carbonyl (C=O) groups is 5. The Bertz CT molecular complexity index is 1410. The van der Waals surface area contributed by atoms with Gasteiger partial charge >= 0.3 is 17.8 Å². The number of carboxylic acid groups (broad SMARTS) is 1. The zero-order valence-corrected chi connectivity index (χ0v) is 21.5. The lowest BCUT2D eigenvalue weighted by Gasteiger charge is -2.20. The van der Waals surface area contributed by atoms with E-state index in [0.717, 1.165) is 11.1 Å². The normalized spacial score (nSPS) is 15.3. The highest BCUT2D eigenvalue weighted by Crippen LogP contribution is 2.37. The number of aromatic carboxylic acids is 1. The summed E-state index contributed by atoms with van der Waals surface area (Å²) in [6.07, 6.45) is 1.55. The average Bonchev–Trinajstić information content (AvgIpc) is 3.35. The van der Waals surface area contributed by atoms with E-state index in [0.29, 0.717) is 35.7 Å². The monoisotopic (exact) mass is 547 g/mol. The van der Waals surface area contributed by atoms with Gasteiger partial charge in [0.05, 0.1) is 5.56 Å². The average molecular weight is 548 g/mol. The Hall–Kier alpha value is -4.50. The minimum absolute atomic E-state index is 0.0566. The number of benzene rings is 3. The van der Waals surface area contributed by atoms with Crippen LogP contribution >= 0.6 is 11.6 Å². The van der Waals surface area contributed by atoms with E-state index < -0.39 is 29.7 Å². The van der Waals surface area contributed by atoms with Gasteiger partial charge in [-0.3, -0.25) is 19.2 Å². The molecule has 10 heteroatoms. The highest BCUT2D eigenvalue weighted by Gasteiger charge is 2.28. The number of nitrogens with one attached hydrogen (secondary N) is 3. The molecule has 0 heterocycles. The van der Waals surface area contributed by atoms with Crippen molar-refractivity contribution in [1.82, 2.24) is 5.32 Å². The lowest BCUT2D eigenvalue weighted by Crippen LogP contribution is -2.49. The second-order valence-corrected chi connectivity index (χ2v) is 9.69. The number of hydrogen-bond acceptors (Lipinski definition) is 5. The molecule has 1 aliphatic carbocycles. The molecule has 0 radical (unpaired) electrons. The zero-order chi connectivity index (χ0) is 27.9. The van der Waals surface area contributed by atoms with Crippen molar-refractivity contribution in [1.29, 1.82) is 0 Å². The quantitative estimate of drug-likeness (QED) is 0.312. The van der Waals surface area contributed by atoms with Crippen LogP contribution in [0.4, 0.5) is 11.4 Å². The maximum absolute atomic E-state index is 13.1. The van der Waals surface area contributed by atoms with Gasteiger partial charge in [0.15, 0.2) is 0 Å². The Morgan fingerprint density at radius 3 is 2.28 bits per heavy atom. The Labute approximate surface area is 229 Å². The lowest BCUT2D eigenvalue weighted by molar-refractivity contribution is -0.137. The zero-order valence-electron chi connectivity index (χ0n) is 20.8. The fourth-order valence-corrected chi connectivity index (χ4v) is 4.63. The van der Waals surface area contributed by atoms with Crippen molar-refractivity contribution in [2.24, 2.45) is 0 Å². The van der Waals surface area contributed by atoms with Crippen molar-refractivity contribution >= 4 is 52.4 Å². The van der Waals surface area contributed by atoms with Crippen molar-refractivity contribution < 1.29 is 29.1 Å². The number of hydrogen-bond donors (Lipinski definition) is 4. The van der Waals surface area contributed by atoms with Crippen LogP contribution in [0.3, 0.4) is 0 Å². The standard InChI is InChI=1S/C29H26ClN3O6/c30-20-9-13-23(19-8-12-22(34)15-19)24(16-20)32-27(36)28(37)33-25(14-17-4-2-1-3-5-17)26(35)31-21-10-6-18(7-11-21)29(38)39/h1-7,9-11,13,16,19,25H,8,12,14-15H2,(H,31,35)(H,32,36)(H,33,37)(H,38,39)/t19?,25-/m0/s1. The second kappa shape index (κ2) is 12.4. The molecular weight excluding hydrogens is 522 g/mol. The summed E-state index contributed by atoms with van der Waals surface area (Å²) in [5.74, 6) is -3.65. The van der Waals surface area contributed by atoms with Gasteiger partial charge in [-0.15, -0.1) is 0 Å².